The zero-order valence-corrected chi connectivity index (χ0v) is 6.60. The first-order chi connectivity index (χ1) is 4.81. The first-order valence-electron chi connectivity index (χ1n) is 3.76. The number of hydrogen-bond donors (Lipinski definition) is 0. The third-order valence-corrected chi connectivity index (χ3v) is 1.28. The molecule has 0 aromatic carbocycles. The Morgan fingerprint density at radius 1 is 1.50 bits per heavy atom. The van der Waals surface area contributed by atoms with Crippen LogP contribution in [0.5, 0.6) is 0 Å². The lowest BCUT2D eigenvalue weighted by Crippen LogP contribution is -1.90. The Morgan fingerprint density at radius 3 is 2.70 bits per heavy atom. The maximum absolute atomic E-state index is 10.8. The molecule has 0 aromatic rings. The molecule has 0 aliphatic rings. The van der Waals surface area contributed by atoms with Crippen LogP contribution in [-0.2, 0) is 4.79 Å². The highest BCUT2D eigenvalue weighted by molar-refractivity contribution is 5.89. The highest BCUT2D eigenvalue weighted by atomic mass is 16.1. The quantitative estimate of drug-likeness (QED) is 0.422. The number of unbranched alkanes of at least 4 members (excludes halogenated alkanes) is 2. The van der Waals surface area contributed by atoms with Gasteiger partial charge in [-0.3, -0.25) is 4.79 Å². The fourth-order valence-electron chi connectivity index (χ4n) is 0.745. The Balaban J connectivity index is 3.22. The number of allylic oxidation sites excluding steroid dienone is 2. The maximum Gasteiger partial charge on any atom is 0.155 e. The third kappa shape index (κ3) is 5.54. The summed E-state index contributed by atoms with van der Waals surface area (Å²) in [6, 6.07) is 0. The third-order valence-electron chi connectivity index (χ3n) is 1.28. The summed E-state index contributed by atoms with van der Waals surface area (Å²) < 4.78 is 0. The first kappa shape index (κ1) is 9.41. The summed E-state index contributed by atoms with van der Waals surface area (Å²) in [6.07, 6.45) is 7.06. The van der Waals surface area contributed by atoms with E-state index in [1.165, 1.54) is 0 Å². The fourth-order valence-corrected chi connectivity index (χ4v) is 0.745. The van der Waals surface area contributed by atoms with Crippen molar-refractivity contribution in [2.75, 3.05) is 0 Å². The SMILES string of the molecule is [CH2]CCCCC(=O)/C=C/C. The van der Waals surface area contributed by atoms with Crippen molar-refractivity contribution in [3.63, 3.8) is 0 Å². The molecule has 0 heterocycles. The standard InChI is InChI=1S/C9H15O/c1-3-5-6-8-9(10)7-4-2/h4,7H,1,3,5-6,8H2,2H3/b7-4+. The number of carbonyl (C=O) groups excluding carboxylic acids is 1. The highest BCUT2D eigenvalue weighted by Crippen LogP contribution is 1.99. The zero-order valence-electron chi connectivity index (χ0n) is 6.60. The van der Waals surface area contributed by atoms with Crippen molar-refractivity contribution in [1.82, 2.24) is 0 Å². The van der Waals surface area contributed by atoms with Gasteiger partial charge in [-0.05, 0) is 19.4 Å². The molecular formula is C9H15O. The summed E-state index contributed by atoms with van der Waals surface area (Å²) in [7, 11) is 0. The highest BCUT2D eigenvalue weighted by Gasteiger charge is 1.93. The van der Waals surface area contributed by atoms with Crippen LogP contribution in [0.1, 0.15) is 32.6 Å². The summed E-state index contributed by atoms with van der Waals surface area (Å²) in [5.41, 5.74) is 0. The van der Waals surface area contributed by atoms with Crippen molar-refractivity contribution in [2.45, 2.75) is 32.6 Å². The molecule has 0 aliphatic heterocycles. The van der Waals surface area contributed by atoms with Crippen molar-refractivity contribution in [3.8, 4) is 0 Å². The summed E-state index contributed by atoms with van der Waals surface area (Å²) in [5, 5.41) is 0. The lowest BCUT2D eigenvalue weighted by molar-refractivity contribution is -0.114. The maximum atomic E-state index is 10.8. The largest absolute Gasteiger partial charge is 0.295 e. The predicted octanol–water partition coefficient (Wildman–Crippen LogP) is 2.53. The second-order valence-corrected chi connectivity index (χ2v) is 2.28. The predicted molar refractivity (Wildman–Crippen MR) is 43.6 cm³/mol. The molecule has 1 nitrogen and oxygen atoms in total. The molecule has 10 heavy (non-hydrogen) atoms. The molecule has 0 aliphatic carbocycles. The zero-order chi connectivity index (χ0) is 7.82. The van der Waals surface area contributed by atoms with E-state index >= 15 is 0 Å². The van der Waals surface area contributed by atoms with Gasteiger partial charge >= 0.3 is 0 Å². The molecule has 0 saturated carbocycles. The van der Waals surface area contributed by atoms with Gasteiger partial charge in [0.05, 0.1) is 0 Å². The van der Waals surface area contributed by atoms with Gasteiger partial charge in [0.2, 0.25) is 0 Å². The van der Waals surface area contributed by atoms with Crippen molar-refractivity contribution in [3.05, 3.63) is 19.1 Å². The molecular weight excluding hydrogens is 124 g/mol. The van der Waals surface area contributed by atoms with Crippen LogP contribution >= 0.6 is 0 Å². The average Bonchev–Trinajstić information content (AvgIpc) is 1.89. The fraction of sp³-hybridized carbons (Fsp3) is 0.556. The Labute approximate surface area is 63.1 Å². The van der Waals surface area contributed by atoms with Crippen molar-refractivity contribution in [2.24, 2.45) is 0 Å². The van der Waals surface area contributed by atoms with Crippen molar-refractivity contribution >= 4 is 5.78 Å². The molecule has 0 atom stereocenters. The smallest absolute Gasteiger partial charge is 0.155 e. The minimum Gasteiger partial charge on any atom is -0.295 e. The molecule has 0 saturated heterocycles. The molecule has 0 N–H and O–H groups in total. The lowest BCUT2D eigenvalue weighted by atomic mass is 10.1. The van der Waals surface area contributed by atoms with Crippen LogP contribution in [0.3, 0.4) is 0 Å². The number of ketones is 1. The Bertz CT molecular complexity index is 114. The molecule has 0 bridgehead atoms. The summed E-state index contributed by atoms with van der Waals surface area (Å²) in [6.45, 7) is 5.56. The monoisotopic (exact) mass is 139 g/mol. The lowest BCUT2D eigenvalue weighted by Gasteiger charge is -1.92. The number of carbonyl (C=O) groups is 1. The molecule has 0 fully saturated rings. The van der Waals surface area contributed by atoms with E-state index in [9.17, 15) is 4.79 Å². The topological polar surface area (TPSA) is 17.1 Å². The molecule has 0 spiro atoms. The van der Waals surface area contributed by atoms with Gasteiger partial charge in [0.15, 0.2) is 5.78 Å². The van der Waals surface area contributed by atoms with Crippen LogP contribution in [0.25, 0.3) is 0 Å². The van der Waals surface area contributed by atoms with E-state index in [1.54, 1.807) is 12.2 Å². The Morgan fingerprint density at radius 2 is 2.20 bits per heavy atom. The van der Waals surface area contributed by atoms with E-state index in [-0.39, 0.29) is 5.78 Å². The van der Waals surface area contributed by atoms with Gasteiger partial charge in [0.25, 0.3) is 0 Å². The molecule has 0 rings (SSSR count). The van der Waals surface area contributed by atoms with Crippen molar-refractivity contribution < 1.29 is 4.79 Å². The molecule has 0 amide bonds. The minimum atomic E-state index is 0.232. The second kappa shape index (κ2) is 6.53. The number of hydrogen-bond acceptors (Lipinski definition) is 1. The van der Waals surface area contributed by atoms with Crippen LogP contribution in [0.2, 0.25) is 0 Å². The summed E-state index contributed by atoms with van der Waals surface area (Å²) in [5.74, 6) is 0.232. The van der Waals surface area contributed by atoms with E-state index in [0.717, 1.165) is 19.3 Å². The molecule has 1 heteroatoms. The van der Waals surface area contributed by atoms with Gasteiger partial charge < -0.3 is 0 Å². The van der Waals surface area contributed by atoms with Crippen molar-refractivity contribution in [1.29, 1.82) is 0 Å². The Hall–Kier alpha value is -0.590. The van der Waals surface area contributed by atoms with E-state index in [4.69, 9.17) is 0 Å². The summed E-state index contributed by atoms with van der Waals surface area (Å²) >= 11 is 0. The average molecular weight is 139 g/mol. The molecule has 0 aromatic heterocycles. The van der Waals surface area contributed by atoms with Crippen LogP contribution in [0.15, 0.2) is 12.2 Å². The van der Waals surface area contributed by atoms with Crippen LogP contribution < -0.4 is 0 Å². The molecule has 0 unspecified atom stereocenters. The normalized spacial score (nSPS) is 10.6. The van der Waals surface area contributed by atoms with Gasteiger partial charge in [-0.1, -0.05) is 25.8 Å². The first-order valence-corrected chi connectivity index (χ1v) is 3.76. The number of rotatable bonds is 5. The van der Waals surface area contributed by atoms with Crippen LogP contribution in [-0.4, -0.2) is 5.78 Å². The second-order valence-electron chi connectivity index (χ2n) is 2.28. The minimum absolute atomic E-state index is 0.232. The van der Waals surface area contributed by atoms with E-state index < -0.39 is 0 Å². The van der Waals surface area contributed by atoms with Gasteiger partial charge in [-0.25, -0.2) is 0 Å². The van der Waals surface area contributed by atoms with E-state index in [0.29, 0.717) is 6.42 Å². The molecule has 1 radical (unpaired) electrons. The Kier molecular flexibility index (Phi) is 6.14. The van der Waals surface area contributed by atoms with Gasteiger partial charge in [0.1, 0.15) is 0 Å². The van der Waals surface area contributed by atoms with Crippen LogP contribution in [0, 0.1) is 6.92 Å². The van der Waals surface area contributed by atoms with E-state index in [1.807, 2.05) is 6.92 Å². The van der Waals surface area contributed by atoms with Gasteiger partial charge in [-0.2, -0.15) is 0 Å². The van der Waals surface area contributed by atoms with E-state index in [2.05, 4.69) is 6.92 Å². The van der Waals surface area contributed by atoms with Gasteiger partial charge in [0, 0.05) is 6.42 Å². The van der Waals surface area contributed by atoms with Gasteiger partial charge in [-0.15, -0.1) is 0 Å². The summed E-state index contributed by atoms with van der Waals surface area (Å²) in [4.78, 5) is 10.8. The van der Waals surface area contributed by atoms with Crippen LogP contribution in [0.4, 0.5) is 0 Å². The molecule has 57 valence electrons.